The van der Waals surface area contributed by atoms with Crippen LogP contribution in [-0.4, -0.2) is 19.5 Å². The van der Waals surface area contributed by atoms with Gasteiger partial charge in [-0.15, -0.1) is 0 Å². The Morgan fingerprint density at radius 3 is 0.951 bits per heavy atom. The molecule has 0 saturated heterocycles. The monoisotopic (exact) mass is 1030 g/mol. The SMILES string of the molecule is c1ccc(-n2c(-c3cc(-c4cc(-c5ccc6ccccc6c5)nc(-c5ccc6ccccc6c5)c4)cc(-c4cc(-c5ccc6ccccc6c5)nc(-c5ccc6ccccc6c5)c4)c3)nc3c4ccccc4c4ccccc4c32)cc1. The summed E-state index contributed by atoms with van der Waals surface area (Å²) in [6.07, 6.45) is 0. The van der Waals surface area contributed by atoms with Gasteiger partial charge in [0.1, 0.15) is 5.82 Å². The second-order valence-electron chi connectivity index (χ2n) is 21.2. The van der Waals surface area contributed by atoms with Crippen LogP contribution in [0.15, 0.2) is 291 Å². The van der Waals surface area contributed by atoms with Gasteiger partial charge in [-0.1, -0.05) is 212 Å². The Hall–Kier alpha value is -10.8. The molecule has 0 unspecified atom stereocenters. The first-order chi connectivity index (χ1) is 40.1. The fraction of sp³-hybridized carbons (Fsp3) is 0. The number of hydrogen-bond donors (Lipinski definition) is 0. The van der Waals surface area contributed by atoms with Crippen molar-refractivity contribution in [2.24, 2.45) is 0 Å². The number of pyridine rings is 2. The third-order valence-electron chi connectivity index (χ3n) is 16.2. The number of benzene rings is 13. The molecule has 0 aliphatic carbocycles. The Bertz CT molecular complexity index is 4770. The molecule has 0 amide bonds. The molecule has 13 aromatic carbocycles. The zero-order valence-corrected chi connectivity index (χ0v) is 44.0. The molecule has 0 spiro atoms. The molecule has 3 heterocycles. The Labute approximate surface area is 468 Å². The van der Waals surface area contributed by atoms with Crippen LogP contribution >= 0.6 is 0 Å². The van der Waals surface area contributed by atoms with Crippen molar-refractivity contribution in [3.05, 3.63) is 291 Å². The smallest absolute Gasteiger partial charge is 0.145 e. The Morgan fingerprint density at radius 1 is 0.210 bits per heavy atom. The lowest BCUT2D eigenvalue weighted by Crippen LogP contribution is -1.99. The van der Waals surface area contributed by atoms with Crippen molar-refractivity contribution in [3.63, 3.8) is 0 Å². The van der Waals surface area contributed by atoms with E-state index in [1.807, 2.05) is 0 Å². The van der Waals surface area contributed by atoms with Crippen LogP contribution in [0.5, 0.6) is 0 Å². The third-order valence-corrected chi connectivity index (χ3v) is 16.2. The summed E-state index contributed by atoms with van der Waals surface area (Å²) >= 11 is 0. The molecule has 376 valence electrons. The van der Waals surface area contributed by atoms with E-state index in [1.54, 1.807) is 0 Å². The summed E-state index contributed by atoms with van der Waals surface area (Å²) in [6, 6.07) is 105. The van der Waals surface area contributed by atoms with E-state index < -0.39 is 0 Å². The van der Waals surface area contributed by atoms with Gasteiger partial charge in [0.15, 0.2) is 0 Å². The lowest BCUT2D eigenvalue weighted by Gasteiger charge is -2.17. The summed E-state index contributed by atoms with van der Waals surface area (Å²) in [5.74, 6) is 0.845. The summed E-state index contributed by atoms with van der Waals surface area (Å²) in [5.41, 5.74) is 15.9. The maximum Gasteiger partial charge on any atom is 0.145 e. The van der Waals surface area contributed by atoms with Crippen molar-refractivity contribution in [3.8, 4) is 84.4 Å². The van der Waals surface area contributed by atoms with Crippen LogP contribution in [0.25, 0.3) is 160 Å². The number of aromatic nitrogens is 4. The summed E-state index contributed by atoms with van der Waals surface area (Å²) < 4.78 is 2.38. The van der Waals surface area contributed by atoms with Gasteiger partial charge < -0.3 is 0 Å². The molecule has 3 aromatic heterocycles. The molecule has 16 rings (SSSR count). The number of fused-ring (bicyclic) bond motifs is 10. The molecule has 0 fully saturated rings. The van der Waals surface area contributed by atoms with Gasteiger partial charge in [-0.2, -0.15) is 0 Å². The number of para-hydroxylation sites is 1. The molecular formula is C77H48N4. The zero-order valence-electron chi connectivity index (χ0n) is 44.0. The van der Waals surface area contributed by atoms with Crippen LogP contribution in [0, 0.1) is 0 Å². The van der Waals surface area contributed by atoms with Crippen molar-refractivity contribution in [2.45, 2.75) is 0 Å². The van der Waals surface area contributed by atoms with Crippen molar-refractivity contribution in [2.75, 3.05) is 0 Å². The van der Waals surface area contributed by atoms with E-state index in [0.29, 0.717) is 0 Å². The van der Waals surface area contributed by atoms with E-state index in [4.69, 9.17) is 15.0 Å². The first-order valence-electron chi connectivity index (χ1n) is 27.6. The van der Waals surface area contributed by atoms with E-state index in [1.165, 1.54) is 53.9 Å². The van der Waals surface area contributed by atoms with Gasteiger partial charge in [0.2, 0.25) is 0 Å². The maximum atomic E-state index is 5.82. The first-order valence-corrected chi connectivity index (χ1v) is 27.6. The topological polar surface area (TPSA) is 43.6 Å². The van der Waals surface area contributed by atoms with Gasteiger partial charge in [0.05, 0.1) is 33.8 Å². The maximum absolute atomic E-state index is 5.82. The van der Waals surface area contributed by atoms with Crippen LogP contribution in [-0.2, 0) is 0 Å². The number of imidazole rings is 1. The Morgan fingerprint density at radius 2 is 0.531 bits per heavy atom. The number of nitrogens with zero attached hydrogens (tertiary/aromatic N) is 4. The quantitative estimate of drug-likeness (QED) is 0.142. The first kappa shape index (κ1) is 46.3. The molecule has 4 heteroatoms. The summed E-state index contributed by atoms with van der Waals surface area (Å²) in [7, 11) is 0. The molecule has 0 aliphatic heterocycles. The summed E-state index contributed by atoms with van der Waals surface area (Å²) in [6.45, 7) is 0. The van der Waals surface area contributed by atoms with Crippen molar-refractivity contribution in [1.29, 1.82) is 0 Å². The fourth-order valence-corrected chi connectivity index (χ4v) is 12.2. The predicted octanol–water partition coefficient (Wildman–Crippen LogP) is 20.4. The minimum absolute atomic E-state index is 0.845. The molecule has 0 aliphatic rings. The minimum atomic E-state index is 0.845. The molecule has 0 atom stereocenters. The highest BCUT2D eigenvalue weighted by Crippen LogP contribution is 2.43. The van der Waals surface area contributed by atoms with Crippen LogP contribution in [0.2, 0.25) is 0 Å². The van der Waals surface area contributed by atoms with E-state index in [9.17, 15) is 0 Å². The summed E-state index contributed by atoms with van der Waals surface area (Å²) in [4.78, 5) is 16.9. The number of rotatable bonds is 8. The van der Waals surface area contributed by atoms with E-state index in [-0.39, 0.29) is 0 Å². The molecule has 0 saturated carbocycles. The fourth-order valence-electron chi connectivity index (χ4n) is 12.2. The lowest BCUT2D eigenvalue weighted by atomic mass is 9.92. The van der Waals surface area contributed by atoms with E-state index in [0.717, 1.165) is 106 Å². The highest BCUT2D eigenvalue weighted by molar-refractivity contribution is 6.24. The van der Waals surface area contributed by atoms with Crippen molar-refractivity contribution in [1.82, 2.24) is 19.5 Å². The Balaban J connectivity index is 1.000. The van der Waals surface area contributed by atoms with Gasteiger partial charge in [-0.25, -0.2) is 15.0 Å². The molecule has 0 radical (unpaired) electrons. The van der Waals surface area contributed by atoms with E-state index >= 15 is 0 Å². The number of hydrogen-bond acceptors (Lipinski definition) is 3. The second-order valence-corrected chi connectivity index (χ2v) is 21.2. The average Bonchev–Trinajstić information content (AvgIpc) is 4.21. The normalized spacial score (nSPS) is 11.7. The molecule has 0 bridgehead atoms. The Kier molecular flexibility index (Phi) is 10.8. The highest BCUT2D eigenvalue weighted by Gasteiger charge is 2.23. The predicted molar refractivity (Wildman–Crippen MR) is 340 cm³/mol. The van der Waals surface area contributed by atoms with Crippen molar-refractivity contribution >= 4 is 75.7 Å². The highest BCUT2D eigenvalue weighted by atomic mass is 15.1. The van der Waals surface area contributed by atoms with Crippen molar-refractivity contribution < 1.29 is 0 Å². The largest absolute Gasteiger partial charge is 0.292 e. The average molecular weight is 1030 g/mol. The summed E-state index contributed by atoms with van der Waals surface area (Å²) in [5, 5.41) is 14.1. The van der Waals surface area contributed by atoms with Crippen LogP contribution in [0.1, 0.15) is 0 Å². The lowest BCUT2D eigenvalue weighted by molar-refractivity contribution is 1.11. The molecule has 16 aromatic rings. The van der Waals surface area contributed by atoms with E-state index in [2.05, 4.69) is 296 Å². The molecular weight excluding hydrogens is 981 g/mol. The molecule has 4 nitrogen and oxygen atoms in total. The second kappa shape index (κ2) is 19.0. The van der Waals surface area contributed by atoms with Gasteiger partial charge in [0.25, 0.3) is 0 Å². The molecule has 0 N–H and O–H groups in total. The zero-order chi connectivity index (χ0) is 53.4. The van der Waals surface area contributed by atoms with Crippen LogP contribution in [0.3, 0.4) is 0 Å². The molecule has 81 heavy (non-hydrogen) atoms. The van der Waals surface area contributed by atoms with Gasteiger partial charge in [0, 0.05) is 44.3 Å². The van der Waals surface area contributed by atoms with Crippen LogP contribution in [0.4, 0.5) is 0 Å². The van der Waals surface area contributed by atoms with Gasteiger partial charge in [-0.3, -0.25) is 4.57 Å². The third kappa shape index (κ3) is 8.20. The van der Waals surface area contributed by atoms with Gasteiger partial charge >= 0.3 is 0 Å². The van der Waals surface area contributed by atoms with Gasteiger partial charge in [-0.05, 0) is 155 Å². The standard InChI is InChI=1S/C77H48N4/c1-2-24-66(25-3-1)81-76-70-29-15-13-27-68(70)67-26-12-14-28-69(67)75(76)80-77(81)65-43-61(63-45-71(57-34-30-49-16-4-8-20-53(49)38-57)78-72(46-63)58-35-31-50-17-5-9-21-54(50)39-58)42-62(44-65)64-47-73(59-36-32-51-18-6-10-22-55(51)40-59)79-74(48-64)60-37-33-52-19-7-11-23-56(52)41-60/h1-48H. The minimum Gasteiger partial charge on any atom is -0.292 e. The van der Waals surface area contributed by atoms with Crippen LogP contribution < -0.4 is 0 Å².